The summed E-state index contributed by atoms with van der Waals surface area (Å²) in [6, 6.07) is 11.3. The van der Waals surface area contributed by atoms with Crippen molar-refractivity contribution in [2.75, 3.05) is 5.32 Å². The van der Waals surface area contributed by atoms with E-state index >= 15 is 0 Å². The Hall–Kier alpha value is -2.21. The second-order valence-corrected chi connectivity index (χ2v) is 4.35. The molecule has 0 aliphatic carbocycles. The minimum absolute atomic E-state index is 0.115. The first-order chi connectivity index (χ1) is 9.15. The van der Waals surface area contributed by atoms with Crippen LogP contribution in [0.25, 0.3) is 0 Å². The van der Waals surface area contributed by atoms with Crippen molar-refractivity contribution in [3.63, 3.8) is 0 Å². The van der Waals surface area contributed by atoms with Crippen molar-refractivity contribution in [2.45, 2.75) is 13.5 Å². The highest BCUT2D eigenvalue weighted by atomic mass is 32.1. The highest BCUT2D eigenvalue weighted by molar-refractivity contribution is 7.82. The number of benzene rings is 1. The van der Waals surface area contributed by atoms with Crippen LogP contribution in [0.4, 0.5) is 5.82 Å². The van der Waals surface area contributed by atoms with E-state index in [1.54, 1.807) is 13.0 Å². The lowest BCUT2D eigenvalue weighted by Crippen LogP contribution is -2.33. The fourth-order valence-electron chi connectivity index (χ4n) is 1.46. The molecule has 98 valence electrons. The second kappa shape index (κ2) is 6.10. The molecule has 1 heterocycles. The van der Waals surface area contributed by atoms with Gasteiger partial charge in [0.15, 0.2) is 10.8 Å². The first-order valence-corrected chi connectivity index (χ1v) is 6.12. The Labute approximate surface area is 116 Å². The topological polar surface area (TPSA) is 67.2 Å². The Balaban J connectivity index is 1.84. The Bertz CT molecular complexity index is 581. The molecule has 2 N–H and O–H groups in total. The van der Waals surface area contributed by atoms with Crippen LogP contribution in [0.15, 0.2) is 40.9 Å². The number of anilines is 1. The Kier molecular flexibility index (Phi) is 4.25. The van der Waals surface area contributed by atoms with Crippen LogP contribution in [0, 0.1) is 6.92 Å². The number of rotatable bonds is 3. The van der Waals surface area contributed by atoms with Crippen LogP contribution >= 0.6 is 12.2 Å². The number of carbonyl (C=O) groups is 1. The maximum atomic E-state index is 11.7. The van der Waals surface area contributed by atoms with Crippen molar-refractivity contribution in [2.24, 2.45) is 0 Å². The monoisotopic (exact) mass is 275 g/mol. The Morgan fingerprint density at radius 3 is 2.74 bits per heavy atom. The molecule has 0 radical (unpaired) electrons. The van der Waals surface area contributed by atoms with Crippen LogP contribution in [0.2, 0.25) is 0 Å². The van der Waals surface area contributed by atoms with Gasteiger partial charge in [-0.2, -0.15) is 0 Å². The van der Waals surface area contributed by atoms with E-state index in [-0.39, 0.29) is 4.99 Å². The van der Waals surface area contributed by atoms with Crippen LogP contribution in [-0.4, -0.2) is 16.1 Å². The van der Waals surface area contributed by atoms with Gasteiger partial charge in [0.05, 0.1) is 0 Å². The van der Waals surface area contributed by atoms with Crippen LogP contribution in [0.1, 0.15) is 11.3 Å². The SMILES string of the molecule is Cc1cc(NC(=O)C(=S)NCc2ccccc2)no1. The third-order valence-corrected chi connectivity index (χ3v) is 2.70. The summed E-state index contributed by atoms with van der Waals surface area (Å²) in [6.45, 7) is 2.25. The van der Waals surface area contributed by atoms with Crippen molar-refractivity contribution < 1.29 is 9.32 Å². The van der Waals surface area contributed by atoms with Gasteiger partial charge in [-0.3, -0.25) is 4.79 Å². The van der Waals surface area contributed by atoms with Gasteiger partial charge in [-0.15, -0.1) is 0 Å². The van der Waals surface area contributed by atoms with Crippen LogP contribution in [0.5, 0.6) is 0 Å². The van der Waals surface area contributed by atoms with E-state index in [2.05, 4.69) is 15.8 Å². The molecule has 0 saturated carbocycles. The summed E-state index contributed by atoms with van der Waals surface area (Å²) >= 11 is 5.00. The fraction of sp³-hybridized carbons (Fsp3) is 0.154. The van der Waals surface area contributed by atoms with E-state index in [4.69, 9.17) is 16.7 Å². The average Bonchev–Trinajstić information content (AvgIpc) is 2.82. The lowest BCUT2D eigenvalue weighted by atomic mass is 10.2. The number of aryl methyl sites for hydroxylation is 1. The van der Waals surface area contributed by atoms with Gasteiger partial charge in [-0.25, -0.2) is 0 Å². The van der Waals surface area contributed by atoms with Crippen molar-refractivity contribution in [1.29, 1.82) is 0 Å². The standard InChI is InChI=1S/C13H13N3O2S/c1-9-7-11(16-18-9)15-12(17)13(19)14-8-10-5-3-2-4-6-10/h2-7H,8H2,1H3,(H,14,19)(H,15,16,17). The summed E-state index contributed by atoms with van der Waals surface area (Å²) in [7, 11) is 0. The van der Waals surface area contributed by atoms with Crippen LogP contribution < -0.4 is 10.6 Å². The van der Waals surface area contributed by atoms with Crippen LogP contribution in [0.3, 0.4) is 0 Å². The molecule has 0 spiro atoms. The van der Waals surface area contributed by atoms with E-state index in [9.17, 15) is 4.79 Å². The van der Waals surface area contributed by atoms with Crippen molar-refractivity contribution in [3.05, 3.63) is 47.7 Å². The first-order valence-electron chi connectivity index (χ1n) is 5.71. The summed E-state index contributed by atoms with van der Waals surface area (Å²) in [4.78, 5) is 11.9. The van der Waals surface area contributed by atoms with E-state index in [1.165, 1.54) is 0 Å². The third kappa shape index (κ3) is 3.89. The Morgan fingerprint density at radius 1 is 1.37 bits per heavy atom. The molecule has 1 amide bonds. The summed E-state index contributed by atoms with van der Waals surface area (Å²) in [5.41, 5.74) is 1.05. The van der Waals surface area contributed by atoms with Gasteiger partial charge in [0, 0.05) is 12.6 Å². The summed E-state index contributed by atoms with van der Waals surface area (Å²) < 4.78 is 4.85. The van der Waals surface area contributed by atoms with Crippen molar-refractivity contribution in [3.8, 4) is 0 Å². The van der Waals surface area contributed by atoms with E-state index in [0.717, 1.165) is 5.56 Å². The number of carbonyl (C=O) groups excluding carboxylic acids is 1. The lowest BCUT2D eigenvalue weighted by molar-refractivity contribution is -0.110. The lowest BCUT2D eigenvalue weighted by Gasteiger charge is -2.06. The number of nitrogens with one attached hydrogen (secondary N) is 2. The van der Waals surface area contributed by atoms with Gasteiger partial charge >= 0.3 is 0 Å². The molecule has 6 heteroatoms. The molecule has 0 aliphatic rings. The average molecular weight is 275 g/mol. The summed E-state index contributed by atoms with van der Waals surface area (Å²) in [6.07, 6.45) is 0. The quantitative estimate of drug-likeness (QED) is 0.839. The number of hydrogen-bond acceptors (Lipinski definition) is 4. The van der Waals surface area contributed by atoms with Gasteiger partial charge < -0.3 is 15.2 Å². The van der Waals surface area contributed by atoms with Gasteiger partial charge in [-0.1, -0.05) is 47.7 Å². The number of hydrogen-bond donors (Lipinski definition) is 2. The molecule has 2 aromatic rings. The van der Waals surface area contributed by atoms with Gasteiger partial charge in [0.1, 0.15) is 5.76 Å². The number of aromatic nitrogens is 1. The fourth-order valence-corrected chi connectivity index (χ4v) is 1.58. The van der Waals surface area contributed by atoms with E-state index in [0.29, 0.717) is 18.1 Å². The predicted octanol–water partition coefficient (Wildman–Crippen LogP) is 2.04. The Morgan fingerprint density at radius 2 is 2.11 bits per heavy atom. The minimum Gasteiger partial charge on any atom is -0.368 e. The molecule has 0 unspecified atom stereocenters. The van der Waals surface area contributed by atoms with Crippen molar-refractivity contribution in [1.82, 2.24) is 10.5 Å². The highest BCUT2D eigenvalue weighted by Crippen LogP contribution is 2.06. The number of nitrogens with zero attached hydrogens (tertiary/aromatic N) is 1. The zero-order valence-electron chi connectivity index (χ0n) is 10.3. The summed E-state index contributed by atoms with van der Waals surface area (Å²) in [5, 5.41) is 9.10. The molecule has 2 rings (SSSR count). The maximum Gasteiger partial charge on any atom is 0.284 e. The molecule has 1 aromatic carbocycles. The third-order valence-electron chi connectivity index (χ3n) is 2.37. The maximum absolute atomic E-state index is 11.7. The normalized spacial score (nSPS) is 9.95. The largest absolute Gasteiger partial charge is 0.368 e. The smallest absolute Gasteiger partial charge is 0.284 e. The molecule has 0 fully saturated rings. The van der Waals surface area contributed by atoms with E-state index < -0.39 is 5.91 Å². The molecule has 0 atom stereocenters. The predicted molar refractivity (Wildman–Crippen MR) is 75.7 cm³/mol. The van der Waals surface area contributed by atoms with E-state index in [1.807, 2.05) is 30.3 Å². The van der Waals surface area contributed by atoms with Crippen LogP contribution in [-0.2, 0) is 11.3 Å². The number of amides is 1. The van der Waals surface area contributed by atoms with Gasteiger partial charge in [0.2, 0.25) is 0 Å². The molecule has 1 aromatic heterocycles. The second-order valence-electron chi connectivity index (χ2n) is 3.95. The van der Waals surface area contributed by atoms with Gasteiger partial charge in [0.25, 0.3) is 5.91 Å². The molecule has 0 saturated heterocycles. The van der Waals surface area contributed by atoms with Crippen molar-refractivity contribution >= 4 is 28.9 Å². The molecular formula is C13H13N3O2S. The molecule has 5 nitrogen and oxygen atoms in total. The highest BCUT2D eigenvalue weighted by Gasteiger charge is 2.11. The summed E-state index contributed by atoms with van der Waals surface area (Å²) in [5.74, 6) is 0.573. The minimum atomic E-state index is -0.403. The zero-order chi connectivity index (χ0) is 13.7. The molecular weight excluding hydrogens is 262 g/mol. The molecule has 0 aliphatic heterocycles. The zero-order valence-corrected chi connectivity index (χ0v) is 11.2. The molecule has 0 bridgehead atoms. The number of thiocarbonyl (C=S) groups is 1. The van der Waals surface area contributed by atoms with Gasteiger partial charge in [-0.05, 0) is 12.5 Å². The first kappa shape index (κ1) is 13.2. The molecule has 19 heavy (non-hydrogen) atoms.